The maximum Gasteiger partial charge on any atom is 0.329 e. The molecule has 0 bridgehead atoms. The van der Waals surface area contributed by atoms with Gasteiger partial charge in [0.05, 0.1) is 5.41 Å². The third kappa shape index (κ3) is 2.11. The first-order valence-corrected chi connectivity index (χ1v) is 6.71. The number of nitrogens with one attached hydrogen (secondary N) is 1. The molecule has 4 N–H and O–H groups in total. The average molecular weight is 254 g/mol. The number of carboxylic acid groups (broad SMARTS) is 1. The molecule has 2 fully saturated rings. The molecule has 0 radical (unpaired) electrons. The fraction of sp³-hybridized carbons (Fsp3) is 0.846. The second-order valence-electron chi connectivity index (χ2n) is 5.93. The van der Waals surface area contributed by atoms with E-state index in [4.69, 9.17) is 5.73 Å². The molecule has 1 atom stereocenters. The van der Waals surface area contributed by atoms with E-state index in [1.807, 2.05) is 0 Å². The molecule has 0 aromatic carbocycles. The van der Waals surface area contributed by atoms with Crippen LogP contribution in [0.3, 0.4) is 0 Å². The lowest BCUT2D eigenvalue weighted by molar-refractivity contribution is -0.149. The van der Waals surface area contributed by atoms with Crippen LogP contribution in [0, 0.1) is 11.3 Å². The van der Waals surface area contributed by atoms with E-state index < -0.39 is 16.9 Å². The zero-order chi connectivity index (χ0) is 13.4. The molecule has 0 aromatic rings. The Morgan fingerprint density at radius 1 is 1.39 bits per heavy atom. The Labute approximate surface area is 107 Å². The second kappa shape index (κ2) is 4.53. The van der Waals surface area contributed by atoms with Crippen molar-refractivity contribution in [3.05, 3.63) is 0 Å². The van der Waals surface area contributed by atoms with Gasteiger partial charge in [0.15, 0.2) is 0 Å². The maximum absolute atomic E-state index is 12.4. The molecule has 5 nitrogen and oxygen atoms in total. The monoisotopic (exact) mass is 254 g/mol. The van der Waals surface area contributed by atoms with Gasteiger partial charge in [0, 0.05) is 6.54 Å². The van der Waals surface area contributed by atoms with Crippen LogP contribution in [0.4, 0.5) is 0 Å². The summed E-state index contributed by atoms with van der Waals surface area (Å²) in [6.45, 7) is 1.92. The molecule has 2 saturated carbocycles. The van der Waals surface area contributed by atoms with Gasteiger partial charge in [-0.1, -0.05) is 12.8 Å². The van der Waals surface area contributed by atoms with Crippen LogP contribution >= 0.6 is 0 Å². The van der Waals surface area contributed by atoms with Crippen molar-refractivity contribution in [2.75, 3.05) is 6.54 Å². The molecule has 0 aromatic heterocycles. The molecule has 2 aliphatic rings. The number of hydrogen-bond donors (Lipinski definition) is 3. The number of rotatable bonds is 5. The molecule has 1 unspecified atom stereocenters. The van der Waals surface area contributed by atoms with Crippen LogP contribution in [0.1, 0.15) is 45.4 Å². The van der Waals surface area contributed by atoms with Crippen molar-refractivity contribution < 1.29 is 14.7 Å². The predicted octanol–water partition coefficient (Wildman–Crippen LogP) is 0.875. The Morgan fingerprint density at radius 3 is 2.33 bits per heavy atom. The molecule has 5 heteroatoms. The number of carbonyl (C=O) groups excluding carboxylic acids is 1. The first kappa shape index (κ1) is 13.3. The van der Waals surface area contributed by atoms with E-state index in [-0.39, 0.29) is 11.8 Å². The van der Waals surface area contributed by atoms with Gasteiger partial charge in [0.2, 0.25) is 5.91 Å². The van der Waals surface area contributed by atoms with E-state index in [0.717, 1.165) is 38.5 Å². The molecule has 2 rings (SSSR count). The quantitative estimate of drug-likeness (QED) is 0.679. The van der Waals surface area contributed by atoms with Crippen LogP contribution in [0.5, 0.6) is 0 Å². The van der Waals surface area contributed by atoms with Crippen molar-refractivity contribution in [1.82, 2.24) is 5.32 Å². The van der Waals surface area contributed by atoms with Crippen molar-refractivity contribution in [3.8, 4) is 0 Å². The first-order valence-electron chi connectivity index (χ1n) is 6.71. The van der Waals surface area contributed by atoms with Gasteiger partial charge in [-0.2, -0.15) is 0 Å². The van der Waals surface area contributed by atoms with E-state index in [1.54, 1.807) is 6.92 Å². The smallest absolute Gasteiger partial charge is 0.329 e. The van der Waals surface area contributed by atoms with E-state index in [2.05, 4.69) is 5.32 Å². The molecular formula is C13H22N2O3. The lowest BCUT2D eigenvalue weighted by atomic mass is 9.83. The SMILES string of the molecule is CC(NC(=O)C1(CN)CCCC1)(C(=O)O)C1CC1. The first-order chi connectivity index (χ1) is 8.44. The summed E-state index contributed by atoms with van der Waals surface area (Å²) >= 11 is 0. The molecule has 0 heterocycles. The molecular weight excluding hydrogens is 232 g/mol. The van der Waals surface area contributed by atoms with Crippen LogP contribution in [-0.4, -0.2) is 29.1 Å². The summed E-state index contributed by atoms with van der Waals surface area (Å²) in [5.41, 5.74) is 4.09. The largest absolute Gasteiger partial charge is 0.480 e. The summed E-state index contributed by atoms with van der Waals surface area (Å²) < 4.78 is 0. The zero-order valence-electron chi connectivity index (χ0n) is 10.9. The number of amides is 1. The van der Waals surface area contributed by atoms with Gasteiger partial charge in [-0.15, -0.1) is 0 Å². The predicted molar refractivity (Wildman–Crippen MR) is 66.9 cm³/mol. The Hall–Kier alpha value is -1.10. The standard InChI is InChI=1S/C13H22N2O3/c1-12(11(17)18,9-4-5-9)15-10(16)13(8-14)6-2-3-7-13/h9H,2-8,14H2,1H3,(H,15,16)(H,17,18). The minimum absolute atomic E-state index is 0.0650. The van der Waals surface area contributed by atoms with Crippen molar-refractivity contribution in [2.45, 2.75) is 51.0 Å². The second-order valence-corrected chi connectivity index (χ2v) is 5.93. The lowest BCUT2D eigenvalue weighted by Crippen LogP contribution is -2.58. The van der Waals surface area contributed by atoms with Crippen LogP contribution in [0.25, 0.3) is 0 Å². The minimum atomic E-state index is -1.12. The van der Waals surface area contributed by atoms with Crippen LogP contribution < -0.4 is 11.1 Å². The Morgan fingerprint density at radius 2 is 1.94 bits per heavy atom. The summed E-state index contributed by atoms with van der Waals surface area (Å²) in [6, 6.07) is 0. The van der Waals surface area contributed by atoms with Gasteiger partial charge in [0.25, 0.3) is 0 Å². The maximum atomic E-state index is 12.4. The summed E-state index contributed by atoms with van der Waals surface area (Å²) in [4.78, 5) is 23.8. The molecule has 18 heavy (non-hydrogen) atoms. The Bertz CT molecular complexity index is 359. The summed E-state index contributed by atoms with van der Waals surface area (Å²) in [6.07, 6.45) is 5.29. The topological polar surface area (TPSA) is 92.4 Å². The lowest BCUT2D eigenvalue weighted by Gasteiger charge is -2.33. The van der Waals surface area contributed by atoms with Crippen LogP contribution in [0.15, 0.2) is 0 Å². The molecule has 0 saturated heterocycles. The highest BCUT2D eigenvalue weighted by atomic mass is 16.4. The van der Waals surface area contributed by atoms with Gasteiger partial charge in [-0.25, -0.2) is 4.79 Å². The van der Waals surface area contributed by atoms with Crippen molar-refractivity contribution in [1.29, 1.82) is 0 Å². The fourth-order valence-electron chi connectivity index (χ4n) is 2.93. The summed E-state index contributed by atoms with van der Waals surface area (Å²) in [5.74, 6) is -1.04. The normalized spacial score (nSPS) is 25.4. The highest BCUT2D eigenvalue weighted by Crippen LogP contribution is 2.42. The molecule has 2 aliphatic carbocycles. The molecule has 0 aliphatic heterocycles. The van der Waals surface area contributed by atoms with E-state index in [1.165, 1.54) is 0 Å². The molecule has 0 spiro atoms. The molecule has 1 amide bonds. The summed E-state index contributed by atoms with van der Waals surface area (Å²) in [7, 11) is 0. The van der Waals surface area contributed by atoms with Gasteiger partial charge in [-0.05, 0) is 38.5 Å². The zero-order valence-corrected chi connectivity index (χ0v) is 10.9. The third-order valence-electron chi connectivity index (χ3n) is 4.64. The van der Waals surface area contributed by atoms with Crippen LogP contribution in [-0.2, 0) is 9.59 Å². The number of carboxylic acids is 1. The minimum Gasteiger partial charge on any atom is -0.480 e. The fourth-order valence-corrected chi connectivity index (χ4v) is 2.93. The van der Waals surface area contributed by atoms with Crippen LogP contribution in [0.2, 0.25) is 0 Å². The van der Waals surface area contributed by atoms with Gasteiger partial charge >= 0.3 is 5.97 Å². The van der Waals surface area contributed by atoms with Crippen molar-refractivity contribution >= 4 is 11.9 Å². The number of aliphatic carboxylic acids is 1. The third-order valence-corrected chi connectivity index (χ3v) is 4.64. The van der Waals surface area contributed by atoms with Gasteiger partial charge in [-0.3, -0.25) is 4.79 Å². The number of carbonyl (C=O) groups is 2. The molecule has 102 valence electrons. The Kier molecular flexibility index (Phi) is 3.36. The van der Waals surface area contributed by atoms with Crippen molar-refractivity contribution in [3.63, 3.8) is 0 Å². The Balaban J connectivity index is 2.11. The number of hydrogen-bond acceptors (Lipinski definition) is 3. The highest BCUT2D eigenvalue weighted by molar-refractivity contribution is 5.90. The van der Waals surface area contributed by atoms with Crippen molar-refractivity contribution in [2.24, 2.45) is 17.1 Å². The summed E-state index contributed by atoms with van der Waals surface area (Å²) in [5, 5.41) is 12.1. The van der Waals surface area contributed by atoms with E-state index >= 15 is 0 Å². The average Bonchev–Trinajstić information content (AvgIpc) is 3.07. The van der Waals surface area contributed by atoms with E-state index in [9.17, 15) is 14.7 Å². The van der Waals surface area contributed by atoms with E-state index in [0.29, 0.717) is 6.54 Å². The highest BCUT2D eigenvalue weighted by Gasteiger charge is 2.51. The van der Waals surface area contributed by atoms with Gasteiger partial charge < -0.3 is 16.2 Å². The van der Waals surface area contributed by atoms with Gasteiger partial charge in [0.1, 0.15) is 5.54 Å². The number of nitrogens with two attached hydrogens (primary N) is 1.